The van der Waals surface area contributed by atoms with Crippen molar-refractivity contribution in [3.05, 3.63) is 23.8 Å². The minimum atomic E-state index is -3.81. The zero-order valence-electron chi connectivity index (χ0n) is 19.9. The number of benzene rings is 1. The predicted molar refractivity (Wildman–Crippen MR) is 127 cm³/mol. The van der Waals surface area contributed by atoms with Crippen LogP contribution in [0.2, 0.25) is 0 Å². The van der Waals surface area contributed by atoms with Crippen LogP contribution in [-0.4, -0.2) is 68.2 Å². The molecule has 32 heavy (non-hydrogen) atoms. The molecule has 0 saturated heterocycles. The SMILES string of the molecule is CCCN(C)C[C@@H]1Oc2cc(C#CC3CCCC3)ccc2S(=O)(=O)N([C@@H](C)CO)C[C@H]1C. The monoisotopic (exact) mass is 462 g/mol. The van der Waals surface area contributed by atoms with Gasteiger partial charge in [-0.3, -0.25) is 0 Å². The van der Waals surface area contributed by atoms with E-state index < -0.39 is 16.1 Å². The van der Waals surface area contributed by atoms with Gasteiger partial charge in [0.15, 0.2) is 0 Å². The molecule has 1 aliphatic carbocycles. The third-order valence-electron chi connectivity index (χ3n) is 6.54. The second-order valence-electron chi connectivity index (χ2n) is 9.41. The Bertz CT molecular complexity index is 931. The third-order valence-corrected chi connectivity index (χ3v) is 8.56. The highest BCUT2D eigenvalue weighted by Crippen LogP contribution is 2.34. The maximum absolute atomic E-state index is 13.5. The van der Waals surface area contributed by atoms with Gasteiger partial charge < -0.3 is 14.7 Å². The average Bonchev–Trinajstić information content (AvgIpc) is 3.28. The molecule has 6 nitrogen and oxygen atoms in total. The number of rotatable bonds is 6. The Morgan fingerprint density at radius 1 is 1.31 bits per heavy atom. The van der Waals surface area contributed by atoms with Crippen LogP contribution in [0.3, 0.4) is 0 Å². The van der Waals surface area contributed by atoms with Gasteiger partial charge in [-0.2, -0.15) is 4.31 Å². The molecule has 0 bridgehead atoms. The number of likely N-dealkylation sites (N-methyl/N-ethyl adjacent to an activating group) is 1. The number of hydrogen-bond donors (Lipinski definition) is 1. The summed E-state index contributed by atoms with van der Waals surface area (Å²) in [4.78, 5) is 2.37. The molecule has 0 aromatic heterocycles. The molecular weight excluding hydrogens is 424 g/mol. The molecule has 1 N–H and O–H groups in total. The summed E-state index contributed by atoms with van der Waals surface area (Å²) in [5.74, 6) is 7.34. The van der Waals surface area contributed by atoms with E-state index >= 15 is 0 Å². The van der Waals surface area contributed by atoms with E-state index in [1.165, 1.54) is 17.1 Å². The fraction of sp³-hybridized carbons (Fsp3) is 0.680. The smallest absolute Gasteiger partial charge is 0.247 e. The molecule has 1 heterocycles. The standard InChI is InChI=1S/C25H38N2O4S/c1-5-14-26(4)17-24-19(2)16-27(20(3)18-28)32(29,30)25-13-12-22(15-23(25)31-24)11-10-21-8-6-7-9-21/h12-13,15,19-21,24,28H,5-9,14,16-18H2,1-4H3/t19-,20+,24+/m1/s1. The number of ether oxygens (including phenoxy) is 1. The Morgan fingerprint density at radius 3 is 2.69 bits per heavy atom. The minimum Gasteiger partial charge on any atom is -0.487 e. The maximum atomic E-state index is 13.5. The number of sulfonamides is 1. The maximum Gasteiger partial charge on any atom is 0.247 e. The summed E-state index contributed by atoms with van der Waals surface area (Å²) in [5, 5.41) is 9.75. The largest absolute Gasteiger partial charge is 0.487 e. The van der Waals surface area contributed by atoms with Gasteiger partial charge >= 0.3 is 0 Å². The van der Waals surface area contributed by atoms with E-state index in [0.29, 0.717) is 24.8 Å². The van der Waals surface area contributed by atoms with E-state index in [-0.39, 0.29) is 23.5 Å². The Labute approximate surface area is 194 Å². The van der Waals surface area contributed by atoms with Gasteiger partial charge in [-0.05, 0) is 58.0 Å². The van der Waals surface area contributed by atoms with Crippen LogP contribution in [0.1, 0.15) is 58.4 Å². The summed E-state index contributed by atoms with van der Waals surface area (Å²) >= 11 is 0. The lowest BCUT2D eigenvalue weighted by atomic mass is 10.0. The van der Waals surface area contributed by atoms with E-state index in [1.807, 2.05) is 6.92 Å². The van der Waals surface area contributed by atoms with Crippen molar-refractivity contribution in [2.75, 3.05) is 33.3 Å². The molecule has 1 aromatic carbocycles. The lowest BCUT2D eigenvalue weighted by molar-refractivity contribution is 0.0752. The van der Waals surface area contributed by atoms with Crippen molar-refractivity contribution in [1.29, 1.82) is 0 Å². The summed E-state index contributed by atoms with van der Waals surface area (Å²) in [6, 6.07) is 4.65. The van der Waals surface area contributed by atoms with Gasteiger partial charge in [-0.1, -0.05) is 38.5 Å². The number of aliphatic hydroxyl groups is 1. The van der Waals surface area contributed by atoms with Crippen molar-refractivity contribution in [3.8, 4) is 17.6 Å². The molecule has 3 atom stereocenters. The first-order valence-electron chi connectivity index (χ1n) is 11.9. The molecule has 1 aliphatic heterocycles. The molecule has 1 fully saturated rings. The van der Waals surface area contributed by atoms with Gasteiger partial charge in [-0.25, -0.2) is 8.42 Å². The van der Waals surface area contributed by atoms with Gasteiger partial charge in [0.05, 0.1) is 6.61 Å². The fourth-order valence-electron chi connectivity index (χ4n) is 4.56. The molecule has 178 valence electrons. The van der Waals surface area contributed by atoms with Crippen LogP contribution in [0.15, 0.2) is 23.1 Å². The van der Waals surface area contributed by atoms with Crippen LogP contribution in [0.5, 0.6) is 5.75 Å². The van der Waals surface area contributed by atoms with E-state index in [1.54, 1.807) is 25.1 Å². The van der Waals surface area contributed by atoms with Crippen molar-refractivity contribution in [1.82, 2.24) is 9.21 Å². The van der Waals surface area contributed by atoms with E-state index in [0.717, 1.165) is 31.4 Å². The molecular formula is C25H38N2O4S. The zero-order valence-corrected chi connectivity index (χ0v) is 20.7. The van der Waals surface area contributed by atoms with Gasteiger partial charge in [0.2, 0.25) is 10.0 Å². The summed E-state index contributed by atoms with van der Waals surface area (Å²) < 4.78 is 34.9. The van der Waals surface area contributed by atoms with Gasteiger partial charge in [0.1, 0.15) is 16.7 Å². The van der Waals surface area contributed by atoms with Gasteiger partial charge in [0.25, 0.3) is 0 Å². The van der Waals surface area contributed by atoms with Crippen LogP contribution in [-0.2, 0) is 10.0 Å². The van der Waals surface area contributed by atoms with Crippen molar-refractivity contribution in [2.45, 2.75) is 69.9 Å². The molecule has 1 aromatic rings. The predicted octanol–water partition coefficient (Wildman–Crippen LogP) is 3.34. The molecule has 2 aliphatic rings. The first-order valence-corrected chi connectivity index (χ1v) is 13.3. The Morgan fingerprint density at radius 2 is 2.03 bits per heavy atom. The summed E-state index contributed by atoms with van der Waals surface area (Å²) in [6.07, 6.45) is 5.60. The Kier molecular flexibility index (Phi) is 8.62. The van der Waals surface area contributed by atoms with Crippen LogP contribution >= 0.6 is 0 Å². The highest BCUT2D eigenvalue weighted by atomic mass is 32.2. The average molecular weight is 463 g/mol. The molecule has 0 unspecified atom stereocenters. The quantitative estimate of drug-likeness (QED) is 0.657. The van der Waals surface area contributed by atoms with Crippen molar-refractivity contribution < 1.29 is 18.3 Å². The molecule has 3 rings (SSSR count). The lowest BCUT2D eigenvalue weighted by Crippen LogP contribution is -2.49. The molecule has 0 radical (unpaired) electrons. The summed E-state index contributed by atoms with van der Waals surface area (Å²) in [6.45, 7) is 7.62. The molecule has 7 heteroatoms. The summed E-state index contributed by atoms with van der Waals surface area (Å²) in [7, 11) is -1.75. The normalized spacial score (nSPS) is 24.7. The second kappa shape index (κ2) is 11.0. The highest BCUT2D eigenvalue weighted by Gasteiger charge is 2.38. The van der Waals surface area contributed by atoms with Crippen LogP contribution in [0.25, 0.3) is 0 Å². The number of aliphatic hydroxyl groups excluding tert-OH is 1. The van der Waals surface area contributed by atoms with Crippen molar-refractivity contribution in [3.63, 3.8) is 0 Å². The third kappa shape index (κ3) is 5.85. The Balaban J connectivity index is 2.01. The number of nitrogens with zero attached hydrogens (tertiary/aromatic N) is 2. The molecule has 1 saturated carbocycles. The Hall–Kier alpha value is -1.59. The summed E-state index contributed by atoms with van der Waals surface area (Å²) in [5.41, 5.74) is 0.779. The van der Waals surface area contributed by atoms with E-state index in [4.69, 9.17) is 4.74 Å². The minimum absolute atomic E-state index is 0.0422. The topological polar surface area (TPSA) is 70.1 Å². The highest BCUT2D eigenvalue weighted by molar-refractivity contribution is 7.89. The molecule has 0 spiro atoms. The van der Waals surface area contributed by atoms with E-state index in [9.17, 15) is 13.5 Å². The number of fused-ring (bicyclic) bond motifs is 1. The van der Waals surface area contributed by atoms with E-state index in [2.05, 4.69) is 30.7 Å². The first-order chi connectivity index (χ1) is 15.3. The number of hydrogen-bond acceptors (Lipinski definition) is 5. The van der Waals surface area contributed by atoms with Crippen LogP contribution in [0, 0.1) is 23.7 Å². The lowest BCUT2D eigenvalue weighted by Gasteiger charge is -2.37. The fourth-order valence-corrected chi connectivity index (χ4v) is 6.38. The molecule has 0 amide bonds. The zero-order chi connectivity index (χ0) is 23.3. The second-order valence-corrected chi connectivity index (χ2v) is 11.3. The van der Waals surface area contributed by atoms with Crippen LogP contribution < -0.4 is 4.74 Å². The van der Waals surface area contributed by atoms with Gasteiger partial charge in [-0.15, -0.1) is 0 Å². The van der Waals surface area contributed by atoms with Crippen molar-refractivity contribution >= 4 is 10.0 Å². The van der Waals surface area contributed by atoms with Crippen molar-refractivity contribution in [2.24, 2.45) is 11.8 Å². The van der Waals surface area contributed by atoms with Gasteiger partial charge in [0, 0.05) is 36.5 Å². The van der Waals surface area contributed by atoms with Crippen LogP contribution in [0.4, 0.5) is 0 Å². The first kappa shape index (κ1) is 25.0.